The largest absolute Gasteiger partial charge is 0.409 e. The molecule has 6 heteroatoms. The molecule has 4 N–H and O–H groups in total. The van der Waals surface area contributed by atoms with Crippen molar-refractivity contribution < 1.29 is 15.1 Å². The van der Waals surface area contributed by atoms with Gasteiger partial charge < -0.3 is 20.9 Å². The molecule has 1 rings (SSSR count). The zero-order chi connectivity index (χ0) is 11.4. The quantitative estimate of drug-likeness (QED) is 0.247. The Balaban J connectivity index is 2.59. The molecule has 86 valence electrons. The Morgan fingerprint density at radius 1 is 1.67 bits per heavy atom. The molecular formula is C9H17N3O3. The number of piperidine rings is 1. The number of nitrogens with zero attached hydrogens (tertiary/aromatic N) is 2. The number of oxime groups is 1. The summed E-state index contributed by atoms with van der Waals surface area (Å²) in [6.45, 7) is 2.54. The van der Waals surface area contributed by atoms with Crippen LogP contribution in [-0.2, 0) is 4.79 Å². The molecule has 1 fully saturated rings. The van der Waals surface area contributed by atoms with Gasteiger partial charge in [-0.2, -0.15) is 0 Å². The van der Waals surface area contributed by atoms with Crippen LogP contribution < -0.4 is 5.73 Å². The molecule has 0 bridgehead atoms. The smallest absolute Gasteiger partial charge is 0.233 e. The van der Waals surface area contributed by atoms with Crippen LogP contribution in [0.1, 0.15) is 19.8 Å². The van der Waals surface area contributed by atoms with Crippen molar-refractivity contribution in [3.8, 4) is 0 Å². The first-order chi connectivity index (χ1) is 7.06. The molecule has 1 amide bonds. The molecule has 0 aromatic rings. The minimum absolute atomic E-state index is 0.0972. The van der Waals surface area contributed by atoms with E-state index in [9.17, 15) is 9.90 Å². The Bertz CT molecular complexity index is 267. The van der Waals surface area contributed by atoms with Gasteiger partial charge in [0, 0.05) is 13.1 Å². The van der Waals surface area contributed by atoms with Gasteiger partial charge in [0.15, 0.2) is 5.84 Å². The molecule has 1 aliphatic heterocycles. The number of hydrogen-bond acceptors (Lipinski definition) is 4. The molecule has 0 aliphatic carbocycles. The first-order valence-electron chi connectivity index (χ1n) is 5.00. The lowest BCUT2D eigenvalue weighted by molar-refractivity contribution is -0.136. The van der Waals surface area contributed by atoms with Gasteiger partial charge in [-0.25, -0.2) is 0 Å². The number of carbonyl (C=O) groups excluding carboxylic acids is 1. The zero-order valence-electron chi connectivity index (χ0n) is 8.76. The molecule has 6 nitrogen and oxygen atoms in total. The van der Waals surface area contributed by atoms with Crippen molar-refractivity contribution in [1.82, 2.24) is 4.90 Å². The van der Waals surface area contributed by atoms with E-state index in [1.807, 2.05) is 0 Å². The van der Waals surface area contributed by atoms with E-state index in [0.717, 1.165) is 12.8 Å². The monoisotopic (exact) mass is 215 g/mol. The predicted molar refractivity (Wildman–Crippen MR) is 54.4 cm³/mol. The number of amides is 1. The van der Waals surface area contributed by atoms with Crippen molar-refractivity contribution >= 4 is 11.7 Å². The molecule has 0 aromatic carbocycles. The van der Waals surface area contributed by atoms with Gasteiger partial charge in [0.25, 0.3) is 0 Å². The Hall–Kier alpha value is -1.30. The van der Waals surface area contributed by atoms with E-state index in [4.69, 9.17) is 10.9 Å². The Morgan fingerprint density at radius 2 is 2.33 bits per heavy atom. The van der Waals surface area contributed by atoms with E-state index < -0.39 is 12.0 Å². The van der Waals surface area contributed by atoms with Gasteiger partial charge in [-0.1, -0.05) is 5.16 Å². The summed E-state index contributed by atoms with van der Waals surface area (Å²) in [5.41, 5.74) is 5.35. The molecule has 0 aromatic heterocycles. The molecule has 0 spiro atoms. The zero-order valence-corrected chi connectivity index (χ0v) is 8.76. The average molecular weight is 215 g/mol. The van der Waals surface area contributed by atoms with Crippen molar-refractivity contribution in [3.05, 3.63) is 0 Å². The number of aliphatic hydroxyl groups is 1. The lowest BCUT2D eigenvalue weighted by Gasteiger charge is -2.31. The second-order valence-corrected chi connectivity index (χ2v) is 3.83. The van der Waals surface area contributed by atoms with Crippen LogP contribution in [0.4, 0.5) is 0 Å². The van der Waals surface area contributed by atoms with Crippen molar-refractivity contribution in [2.75, 3.05) is 13.1 Å². The maximum Gasteiger partial charge on any atom is 0.233 e. The van der Waals surface area contributed by atoms with Gasteiger partial charge in [-0.3, -0.25) is 4.79 Å². The highest BCUT2D eigenvalue weighted by atomic mass is 16.4. The molecule has 1 saturated heterocycles. The van der Waals surface area contributed by atoms with Crippen molar-refractivity contribution in [2.45, 2.75) is 25.9 Å². The van der Waals surface area contributed by atoms with Crippen molar-refractivity contribution in [1.29, 1.82) is 0 Å². The number of β-amino-alcohol motifs (C(OH)–C–C–N with tert-alkyl or cyclic N) is 1. The fourth-order valence-electron chi connectivity index (χ4n) is 1.64. The second kappa shape index (κ2) is 4.97. The van der Waals surface area contributed by atoms with Crippen LogP contribution >= 0.6 is 0 Å². The van der Waals surface area contributed by atoms with Crippen molar-refractivity contribution in [2.24, 2.45) is 16.8 Å². The van der Waals surface area contributed by atoms with Crippen LogP contribution in [0.15, 0.2) is 5.16 Å². The second-order valence-electron chi connectivity index (χ2n) is 3.83. The Labute approximate surface area is 88.4 Å². The number of nitrogens with two attached hydrogens (primary N) is 1. The van der Waals surface area contributed by atoms with E-state index in [2.05, 4.69) is 5.16 Å². The molecule has 15 heavy (non-hydrogen) atoms. The standard InChI is InChI=1S/C9H17N3O3/c1-6(8(10)11-15)9(14)12-4-2-3-7(13)5-12/h6-7,13,15H,2-5H2,1H3,(H2,10,11). The van der Waals surface area contributed by atoms with E-state index in [-0.39, 0.29) is 11.7 Å². The summed E-state index contributed by atoms with van der Waals surface area (Å²) in [4.78, 5) is 13.3. The molecule has 1 heterocycles. The summed E-state index contributed by atoms with van der Waals surface area (Å²) in [5, 5.41) is 20.7. The third-order valence-electron chi connectivity index (χ3n) is 2.64. The molecular weight excluding hydrogens is 198 g/mol. The van der Waals surface area contributed by atoms with Crippen molar-refractivity contribution in [3.63, 3.8) is 0 Å². The normalized spacial score (nSPS) is 25.1. The number of rotatable bonds is 2. The highest BCUT2D eigenvalue weighted by Gasteiger charge is 2.27. The lowest BCUT2D eigenvalue weighted by atomic mass is 10.0. The highest BCUT2D eigenvalue weighted by Crippen LogP contribution is 2.13. The summed E-state index contributed by atoms with van der Waals surface area (Å²) in [6, 6.07) is 0. The van der Waals surface area contributed by atoms with E-state index in [1.54, 1.807) is 11.8 Å². The molecule has 0 radical (unpaired) electrons. The highest BCUT2D eigenvalue weighted by molar-refractivity contribution is 6.01. The number of aliphatic hydroxyl groups excluding tert-OH is 1. The van der Waals surface area contributed by atoms with Gasteiger partial charge in [-0.05, 0) is 19.8 Å². The van der Waals surface area contributed by atoms with E-state index >= 15 is 0 Å². The number of amidine groups is 1. The topological polar surface area (TPSA) is 99.2 Å². The number of likely N-dealkylation sites (tertiary alicyclic amines) is 1. The first-order valence-corrected chi connectivity index (χ1v) is 5.00. The van der Waals surface area contributed by atoms with E-state index in [1.165, 1.54) is 0 Å². The number of carbonyl (C=O) groups is 1. The summed E-state index contributed by atoms with van der Waals surface area (Å²) >= 11 is 0. The maximum absolute atomic E-state index is 11.8. The minimum atomic E-state index is -0.639. The molecule has 0 saturated carbocycles. The summed E-state index contributed by atoms with van der Waals surface area (Å²) in [6.07, 6.45) is 1.06. The molecule has 1 aliphatic rings. The Morgan fingerprint density at radius 3 is 2.87 bits per heavy atom. The summed E-state index contributed by atoms with van der Waals surface area (Å²) in [5.74, 6) is -0.940. The lowest BCUT2D eigenvalue weighted by Crippen LogP contribution is -2.47. The minimum Gasteiger partial charge on any atom is -0.409 e. The summed E-state index contributed by atoms with van der Waals surface area (Å²) < 4.78 is 0. The Kier molecular flexibility index (Phi) is 3.90. The average Bonchev–Trinajstić information content (AvgIpc) is 2.26. The van der Waals surface area contributed by atoms with Gasteiger partial charge in [-0.15, -0.1) is 0 Å². The molecule has 2 atom stereocenters. The SMILES string of the molecule is CC(C(=O)N1CCCC(O)C1)C(N)=NO. The van der Waals surface area contributed by atoms with Crippen LogP contribution in [-0.4, -0.2) is 46.1 Å². The fourth-order valence-corrected chi connectivity index (χ4v) is 1.64. The molecule has 2 unspecified atom stereocenters. The third-order valence-corrected chi connectivity index (χ3v) is 2.64. The van der Waals surface area contributed by atoms with Crippen LogP contribution in [0.25, 0.3) is 0 Å². The van der Waals surface area contributed by atoms with Crippen LogP contribution in [0, 0.1) is 5.92 Å². The van der Waals surface area contributed by atoms with Crippen LogP contribution in [0.3, 0.4) is 0 Å². The van der Waals surface area contributed by atoms with Gasteiger partial charge in [0.05, 0.1) is 12.0 Å². The van der Waals surface area contributed by atoms with Gasteiger partial charge in [0.2, 0.25) is 5.91 Å². The van der Waals surface area contributed by atoms with Gasteiger partial charge >= 0.3 is 0 Å². The number of hydrogen-bond donors (Lipinski definition) is 3. The van der Waals surface area contributed by atoms with Gasteiger partial charge in [0.1, 0.15) is 0 Å². The maximum atomic E-state index is 11.8. The predicted octanol–water partition coefficient (Wildman–Crippen LogP) is -0.648. The van der Waals surface area contributed by atoms with Crippen LogP contribution in [0.2, 0.25) is 0 Å². The first kappa shape index (κ1) is 11.8. The van der Waals surface area contributed by atoms with E-state index in [0.29, 0.717) is 13.1 Å². The van der Waals surface area contributed by atoms with Crippen LogP contribution in [0.5, 0.6) is 0 Å². The summed E-state index contributed by atoms with van der Waals surface area (Å²) in [7, 11) is 0. The fraction of sp³-hybridized carbons (Fsp3) is 0.778. The third kappa shape index (κ3) is 2.82.